The minimum atomic E-state index is -0.276. The van der Waals surface area contributed by atoms with Gasteiger partial charge in [0.2, 0.25) is 11.7 Å². The van der Waals surface area contributed by atoms with E-state index in [4.69, 9.17) is 9.26 Å². The number of nitrogens with zero attached hydrogens (tertiary/aromatic N) is 2. The summed E-state index contributed by atoms with van der Waals surface area (Å²) in [6.07, 6.45) is 0.695. The molecule has 0 aliphatic heterocycles. The van der Waals surface area contributed by atoms with Gasteiger partial charge in [0.15, 0.2) is 0 Å². The number of aryl methyl sites for hydroxylation is 1. The molecule has 0 aliphatic carbocycles. The van der Waals surface area contributed by atoms with Gasteiger partial charge in [0, 0.05) is 24.2 Å². The summed E-state index contributed by atoms with van der Waals surface area (Å²) in [6.45, 7) is 2.38. The third-order valence-electron chi connectivity index (χ3n) is 3.78. The normalized spacial score (nSPS) is 10.4. The molecule has 3 rings (SSSR count). The first-order valence-electron chi connectivity index (χ1n) is 8.28. The number of ether oxygens (including phenoxy) is 1. The van der Waals surface area contributed by atoms with Crippen LogP contribution in [0.5, 0.6) is 5.75 Å². The maximum atomic E-state index is 12.0. The number of carbonyl (C=O) groups is 1. The van der Waals surface area contributed by atoms with Crippen LogP contribution < -0.4 is 15.4 Å². The van der Waals surface area contributed by atoms with Crippen molar-refractivity contribution in [1.82, 2.24) is 15.5 Å². The minimum absolute atomic E-state index is 0.276. The maximum Gasteiger partial charge on any atom is 0.319 e. The molecule has 7 heteroatoms. The zero-order valence-corrected chi connectivity index (χ0v) is 14.7. The van der Waals surface area contributed by atoms with E-state index in [-0.39, 0.29) is 6.03 Å². The van der Waals surface area contributed by atoms with Crippen LogP contribution in [0.4, 0.5) is 10.5 Å². The fraction of sp³-hybridized carbons (Fsp3) is 0.211. The number of anilines is 1. The van der Waals surface area contributed by atoms with E-state index >= 15 is 0 Å². The molecule has 2 amide bonds. The fourth-order valence-electron chi connectivity index (χ4n) is 2.32. The smallest absolute Gasteiger partial charge is 0.319 e. The number of nitrogens with one attached hydrogen (secondary N) is 2. The number of benzene rings is 2. The first-order chi connectivity index (χ1) is 12.7. The van der Waals surface area contributed by atoms with Crippen molar-refractivity contribution in [1.29, 1.82) is 0 Å². The predicted molar refractivity (Wildman–Crippen MR) is 98.0 cm³/mol. The molecule has 0 aliphatic rings. The van der Waals surface area contributed by atoms with Gasteiger partial charge in [-0.25, -0.2) is 4.79 Å². The molecule has 0 spiro atoms. The molecule has 2 N–H and O–H groups in total. The predicted octanol–water partition coefficient (Wildman–Crippen LogP) is 3.63. The van der Waals surface area contributed by atoms with Gasteiger partial charge in [0.05, 0.1) is 7.11 Å². The van der Waals surface area contributed by atoms with E-state index in [2.05, 4.69) is 20.8 Å². The maximum absolute atomic E-state index is 12.0. The van der Waals surface area contributed by atoms with Crippen molar-refractivity contribution >= 4 is 11.7 Å². The lowest BCUT2D eigenvalue weighted by Crippen LogP contribution is -2.28. The minimum Gasteiger partial charge on any atom is -0.497 e. The van der Waals surface area contributed by atoms with E-state index in [1.54, 1.807) is 19.2 Å². The molecule has 0 unspecified atom stereocenters. The summed E-state index contributed by atoms with van der Waals surface area (Å²) in [7, 11) is 1.62. The highest BCUT2D eigenvalue weighted by molar-refractivity contribution is 5.89. The molecule has 0 atom stereocenters. The molecule has 0 fully saturated rings. The van der Waals surface area contributed by atoms with E-state index in [1.807, 2.05) is 43.3 Å². The average Bonchev–Trinajstić information content (AvgIpc) is 3.16. The molecule has 0 bridgehead atoms. The number of methoxy groups -OCH3 is 1. The first-order valence-corrected chi connectivity index (χ1v) is 8.28. The van der Waals surface area contributed by atoms with Gasteiger partial charge in [-0.05, 0) is 42.0 Å². The Bertz CT molecular complexity index is 857. The molecular formula is C19H20N4O3. The van der Waals surface area contributed by atoms with Crippen LogP contribution >= 0.6 is 0 Å². The Labute approximate surface area is 151 Å². The van der Waals surface area contributed by atoms with Crippen molar-refractivity contribution in [3.8, 4) is 17.1 Å². The lowest BCUT2D eigenvalue weighted by molar-refractivity contribution is 0.251. The average molecular weight is 352 g/mol. The molecule has 0 radical (unpaired) electrons. The van der Waals surface area contributed by atoms with E-state index in [1.165, 1.54) is 0 Å². The number of urea groups is 1. The van der Waals surface area contributed by atoms with E-state index in [0.717, 1.165) is 16.9 Å². The highest BCUT2D eigenvalue weighted by atomic mass is 16.5. The van der Waals surface area contributed by atoms with Crippen molar-refractivity contribution in [2.24, 2.45) is 0 Å². The Morgan fingerprint density at radius 3 is 2.46 bits per heavy atom. The number of hydrogen-bond donors (Lipinski definition) is 2. The van der Waals surface area contributed by atoms with Gasteiger partial charge in [0.1, 0.15) is 5.75 Å². The van der Waals surface area contributed by atoms with Gasteiger partial charge >= 0.3 is 6.03 Å². The number of aromatic nitrogens is 2. The van der Waals surface area contributed by atoms with E-state index < -0.39 is 0 Å². The fourth-order valence-corrected chi connectivity index (χ4v) is 2.32. The molecular weight excluding hydrogens is 332 g/mol. The van der Waals surface area contributed by atoms with E-state index in [9.17, 15) is 4.79 Å². The van der Waals surface area contributed by atoms with Crippen molar-refractivity contribution in [2.45, 2.75) is 19.9 Å². The summed E-state index contributed by atoms with van der Waals surface area (Å²) >= 11 is 0. The molecule has 1 heterocycles. The summed E-state index contributed by atoms with van der Waals surface area (Å²) in [5, 5.41) is 9.53. The Morgan fingerprint density at radius 1 is 1.12 bits per heavy atom. The molecule has 26 heavy (non-hydrogen) atoms. The summed E-state index contributed by atoms with van der Waals surface area (Å²) < 4.78 is 10.2. The van der Waals surface area contributed by atoms with Gasteiger partial charge in [-0.3, -0.25) is 0 Å². The lowest BCUT2D eigenvalue weighted by Gasteiger charge is -2.08. The number of hydrogen-bond acceptors (Lipinski definition) is 5. The molecule has 0 saturated carbocycles. The van der Waals surface area contributed by atoms with Crippen LogP contribution in [0.2, 0.25) is 0 Å². The first kappa shape index (κ1) is 17.5. The third kappa shape index (κ3) is 4.38. The topological polar surface area (TPSA) is 89.3 Å². The van der Waals surface area contributed by atoms with Gasteiger partial charge in [-0.15, -0.1) is 0 Å². The summed E-state index contributed by atoms with van der Waals surface area (Å²) in [4.78, 5) is 16.3. The second kappa shape index (κ2) is 8.15. The highest BCUT2D eigenvalue weighted by Crippen LogP contribution is 2.19. The standard InChI is InChI=1S/C19H20N4O3/c1-3-17-22-18(23-26-17)14-6-8-15(9-7-14)21-19(24)20-12-13-4-10-16(25-2)11-5-13/h4-11H,3,12H2,1-2H3,(H2,20,21,24). The third-order valence-corrected chi connectivity index (χ3v) is 3.78. The van der Waals surface area contributed by atoms with Crippen LogP contribution in [-0.2, 0) is 13.0 Å². The van der Waals surface area contributed by atoms with Crippen LogP contribution in [0, 0.1) is 0 Å². The van der Waals surface area contributed by atoms with Crippen molar-refractivity contribution in [3.63, 3.8) is 0 Å². The molecule has 7 nitrogen and oxygen atoms in total. The summed E-state index contributed by atoms with van der Waals surface area (Å²) in [5.74, 6) is 1.92. The van der Waals surface area contributed by atoms with Gasteiger partial charge in [-0.2, -0.15) is 4.98 Å². The lowest BCUT2D eigenvalue weighted by atomic mass is 10.2. The van der Waals surface area contributed by atoms with Gasteiger partial charge in [-0.1, -0.05) is 24.2 Å². The Kier molecular flexibility index (Phi) is 5.48. The molecule has 134 valence electrons. The number of carbonyl (C=O) groups excluding carboxylic acids is 1. The zero-order chi connectivity index (χ0) is 18.4. The molecule has 1 aromatic heterocycles. The highest BCUT2D eigenvalue weighted by Gasteiger charge is 2.08. The second-order valence-corrected chi connectivity index (χ2v) is 5.60. The SMILES string of the molecule is CCc1nc(-c2ccc(NC(=O)NCc3ccc(OC)cc3)cc2)no1. The molecule has 0 saturated heterocycles. The van der Waals surface area contributed by atoms with Crippen LogP contribution in [0.1, 0.15) is 18.4 Å². The van der Waals surface area contributed by atoms with Gasteiger partial charge in [0.25, 0.3) is 0 Å². The quantitative estimate of drug-likeness (QED) is 0.707. The summed E-state index contributed by atoms with van der Waals surface area (Å²) in [5.41, 5.74) is 2.50. The number of amides is 2. The largest absolute Gasteiger partial charge is 0.497 e. The van der Waals surface area contributed by atoms with Crippen LogP contribution in [-0.4, -0.2) is 23.3 Å². The van der Waals surface area contributed by atoms with Crippen molar-refractivity contribution in [3.05, 3.63) is 60.0 Å². The summed E-state index contributed by atoms with van der Waals surface area (Å²) in [6, 6.07) is 14.5. The molecule has 3 aromatic rings. The second-order valence-electron chi connectivity index (χ2n) is 5.60. The number of rotatable bonds is 6. The van der Waals surface area contributed by atoms with Crippen LogP contribution in [0.25, 0.3) is 11.4 Å². The van der Waals surface area contributed by atoms with Crippen LogP contribution in [0.3, 0.4) is 0 Å². The van der Waals surface area contributed by atoms with Gasteiger partial charge < -0.3 is 19.9 Å². The zero-order valence-electron chi connectivity index (χ0n) is 14.7. The monoisotopic (exact) mass is 352 g/mol. The van der Waals surface area contributed by atoms with Crippen molar-refractivity contribution in [2.75, 3.05) is 12.4 Å². The Morgan fingerprint density at radius 2 is 1.85 bits per heavy atom. The Balaban J connectivity index is 1.53. The molecule has 2 aromatic carbocycles. The van der Waals surface area contributed by atoms with Crippen molar-refractivity contribution < 1.29 is 14.1 Å². The Hall–Kier alpha value is -3.35. The van der Waals surface area contributed by atoms with E-state index in [0.29, 0.717) is 30.4 Å². The van der Waals surface area contributed by atoms with Crippen LogP contribution in [0.15, 0.2) is 53.1 Å².